The SMILES string of the molecule is CCOC(=O)Nc1cccc(C(=O)OCc2ccc(C(=O)N3CCCC3)cc2)c1. The lowest BCUT2D eigenvalue weighted by atomic mass is 10.1. The quantitative estimate of drug-likeness (QED) is 0.750. The van der Waals surface area contributed by atoms with Crippen LogP contribution in [0.3, 0.4) is 0 Å². The Labute approximate surface area is 169 Å². The van der Waals surface area contributed by atoms with Gasteiger partial charge in [0, 0.05) is 24.3 Å². The summed E-state index contributed by atoms with van der Waals surface area (Å²) in [5, 5.41) is 2.55. The second kappa shape index (κ2) is 9.73. The lowest BCUT2D eigenvalue weighted by Crippen LogP contribution is -2.27. The molecule has 2 aromatic carbocycles. The maximum Gasteiger partial charge on any atom is 0.411 e. The van der Waals surface area contributed by atoms with Crippen LogP contribution in [0.1, 0.15) is 46.0 Å². The molecular weight excluding hydrogens is 372 g/mol. The molecule has 1 fully saturated rings. The van der Waals surface area contributed by atoms with E-state index < -0.39 is 12.1 Å². The zero-order valence-corrected chi connectivity index (χ0v) is 16.3. The van der Waals surface area contributed by atoms with Gasteiger partial charge in [0.2, 0.25) is 0 Å². The first-order valence-electron chi connectivity index (χ1n) is 9.66. The highest BCUT2D eigenvalue weighted by atomic mass is 16.5. The number of carbonyl (C=O) groups excluding carboxylic acids is 3. The maximum absolute atomic E-state index is 12.4. The van der Waals surface area contributed by atoms with Crippen LogP contribution in [0.5, 0.6) is 0 Å². The van der Waals surface area contributed by atoms with E-state index >= 15 is 0 Å². The molecule has 2 amide bonds. The van der Waals surface area contributed by atoms with Crippen LogP contribution < -0.4 is 5.32 Å². The highest BCUT2D eigenvalue weighted by Crippen LogP contribution is 2.16. The number of nitrogens with one attached hydrogen (secondary N) is 1. The minimum Gasteiger partial charge on any atom is -0.457 e. The summed E-state index contributed by atoms with van der Waals surface area (Å²) in [6.45, 7) is 3.68. The Hall–Kier alpha value is -3.35. The van der Waals surface area contributed by atoms with Crippen molar-refractivity contribution in [1.82, 2.24) is 4.90 Å². The molecule has 0 unspecified atom stereocenters. The van der Waals surface area contributed by atoms with E-state index in [9.17, 15) is 14.4 Å². The lowest BCUT2D eigenvalue weighted by Gasteiger charge is -2.15. The van der Waals surface area contributed by atoms with E-state index in [4.69, 9.17) is 9.47 Å². The number of anilines is 1. The van der Waals surface area contributed by atoms with Crippen LogP contribution >= 0.6 is 0 Å². The summed E-state index contributed by atoms with van der Waals surface area (Å²) in [5.41, 5.74) is 2.19. The Balaban J connectivity index is 1.55. The average Bonchev–Trinajstić information content (AvgIpc) is 3.27. The van der Waals surface area contributed by atoms with Crippen LogP contribution in [0.4, 0.5) is 10.5 Å². The molecule has 3 rings (SSSR count). The predicted octanol–water partition coefficient (Wildman–Crippen LogP) is 3.85. The van der Waals surface area contributed by atoms with Gasteiger partial charge in [-0.05, 0) is 55.7 Å². The number of esters is 1. The first-order valence-corrected chi connectivity index (χ1v) is 9.66. The molecule has 152 valence electrons. The van der Waals surface area contributed by atoms with Crippen molar-refractivity contribution < 1.29 is 23.9 Å². The topological polar surface area (TPSA) is 84.9 Å². The van der Waals surface area contributed by atoms with Gasteiger partial charge in [-0.25, -0.2) is 9.59 Å². The second-order valence-corrected chi connectivity index (χ2v) is 6.70. The minimum absolute atomic E-state index is 0.0389. The molecule has 0 bridgehead atoms. The van der Waals surface area contributed by atoms with E-state index in [2.05, 4.69) is 5.32 Å². The Morgan fingerprint density at radius 3 is 2.38 bits per heavy atom. The van der Waals surface area contributed by atoms with Crippen molar-refractivity contribution >= 4 is 23.7 Å². The third-order valence-electron chi connectivity index (χ3n) is 4.58. The molecule has 0 spiro atoms. The van der Waals surface area contributed by atoms with Gasteiger partial charge in [0.1, 0.15) is 6.61 Å². The highest BCUT2D eigenvalue weighted by molar-refractivity contribution is 5.94. The second-order valence-electron chi connectivity index (χ2n) is 6.70. The molecule has 0 aliphatic carbocycles. The van der Waals surface area contributed by atoms with Gasteiger partial charge in [-0.2, -0.15) is 0 Å². The fraction of sp³-hybridized carbons (Fsp3) is 0.318. The zero-order chi connectivity index (χ0) is 20.6. The third-order valence-corrected chi connectivity index (χ3v) is 4.58. The molecule has 0 saturated carbocycles. The lowest BCUT2D eigenvalue weighted by molar-refractivity contribution is 0.0472. The fourth-order valence-electron chi connectivity index (χ4n) is 3.09. The Kier molecular flexibility index (Phi) is 6.84. The average molecular weight is 396 g/mol. The maximum atomic E-state index is 12.4. The molecule has 0 atom stereocenters. The minimum atomic E-state index is -0.582. The number of hydrogen-bond donors (Lipinski definition) is 1. The Morgan fingerprint density at radius 1 is 0.966 bits per heavy atom. The van der Waals surface area contributed by atoms with Crippen LogP contribution in [0.25, 0.3) is 0 Å². The molecule has 7 nitrogen and oxygen atoms in total. The van der Waals surface area contributed by atoms with Crippen molar-refractivity contribution in [1.29, 1.82) is 0 Å². The normalized spacial score (nSPS) is 13.1. The molecule has 29 heavy (non-hydrogen) atoms. The summed E-state index contributed by atoms with van der Waals surface area (Å²) in [7, 11) is 0. The van der Waals surface area contributed by atoms with Crippen LogP contribution in [0, 0.1) is 0 Å². The van der Waals surface area contributed by atoms with Crippen molar-refractivity contribution in [3.63, 3.8) is 0 Å². The Bertz CT molecular complexity index is 873. The monoisotopic (exact) mass is 396 g/mol. The van der Waals surface area contributed by atoms with E-state index in [1.165, 1.54) is 6.07 Å². The molecule has 1 aliphatic heterocycles. The van der Waals surface area contributed by atoms with Gasteiger partial charge in [0.15, 0.2) is 0 Å². The van der Waals surface area contributed by atoms with Gasteiger partial charge in [-0.3, -0.25) is 10.1 Å². The molecule has 1 heterocycles. The smallest absolute Gasteiger partial charge is 0.411 e. The summed E-state index contributed by atoms with van der Waals surface area (Å²) >= 11 is 0. The molecule has 1 aliphatic rings. The number of rotatable bonds is 6. The molecule has 2 aromatic rings. The number of carbonyl (C=O) groups is 3. The number of ether oxygens (including phenoxy) is 2. The van der Waals surface area contributed by atoms with Crippen LogP contribution in [0.15, 0.2) is 48.5 Å². The van der Waals surface area contributed by atoms with E-state index in [0.717, 1.165) is 31.5 Å². The first kappa shape index (κ1) is 20.4. The van der Waals surface area contributed by atoms with Gasteiger partial charge >= 0.3 is 12.1 Å². The first-order chi connectivity index (χ1) is 14.1. The highest BCUT2D eigenvalue weighted by Gasteiger charge is 2.19. The van der Waals surface area contributed by atoms with Gasteiger partial charge in [-0.1, -0.05) is 18.2 Å². The van der Waals surface area contributed by atoms with E-state index in [1.807, 2.05) is 4.90 Å². The zero-order valence-electron chi connectivity index (χ0n) is 16.3. The van der Waals surface area contributed by atoms with Crippen LogP contribution in [-0.2, 0) is 16.1 Å². The van der Waals surface area contributed by atoms with Gasteiger partial charge < -0.3 is 14.4 Å². The van der Waals surface area contributed by atoms with Crippen LogP contribution in [-0.4, -0.2) is 42.6 Å². The summed E-state index contributed by atoms with van der Waals surface area (Å²) in [6, 6.07) is 13.5. The molecule has 7 heteroatoms. The molecule has 0 radical (unpaired) electrons. The number of amides is 2. The van der Waals surface area contributed by atoms with Gasteiger partial charge in [0.25, 0.3) is 5.91 Å². The van der Waals surface area contributed by atoms with Crippen molar-refractivity contribution in [2.75, 3.05) is 25.0 Å². The summed E-state index contributed by atoms with van der Waals surface area (Å²) < 4.78 is 10.2. The number of likely N-dealkylation sites (tertiary alicyclic amines) is 1. The van der Waals surface area contributed by atoms with Gasteiger partial charge in [-0.15, -0.1) is 0 Å². The number of nitrogens with zero attached hydrogens (tertiary/aromatic N) is 1. The summed E-state index contributed by atoms with van der Waals surface area (Å²) in [4.78, 5) is 38.0. The van der Waals surface area contributed by atoms with Crippen molar-refractivity contribution in [2.45, 2.75) is 26.4 Å². The number of benzene rings is 2. The molecule has 1 saturated heterocycles. The summed E-state index contributed by atoms with van der Waals surface area (Å²) in [5.74, 6) is -0.466. The largest absolute Gasteiger partial charge is 0.457 e. The standard InChI is InChI=1S/C22H24N2O5/c1-2-28-22(27)23-19-7-5-6-18(14-19)21(26)29-15-16-8-10-17(11-9-16)20(25)24-12-3-4-13-24/h5-11,14H,2-4,12-13,15H2,1H3,(H,23,27). The van der Waals surface area contributed by atoms with Crippen molar-refractivity contribution in [2.24, 2.45) is 0 Å². The van der Waals surface area contributed by atoms with E-state index in [-0.39, 0.29) is 19.1 Å². The Morgan fingerprint density at radius 2 is 1.69 bits per heavy atom. The summed E-state index contributed by atoms with van der Waals surface area (Å²) in [6.07, 6.45) is 1.52. The van der Waals surface area contributed by atoms with E-state index in [1.54, 1.807) is 49.4 Å². The molecular formula is C22H24N2O5. The van der Waals surface area contributed by atoms with Gasteiger partial charge in [0.05, 0.1) is 12.2 Å². The van der Waals surface area contributed by atoms with Crippen molar-refractivity contribution in [3.8, 4) is 0 Å². The van der Waals surface area contributed by atoms with Crippen molar-refractivity contribution in [3.05, 3.63) is 65.2 Å². The van der Waals surface area contributed by atoms with Crippen LogP contribution in [0.2, 0.25) is 0 Å². The third kappa shape index (κ3) is 5.57. The van der Waals surface area contributed by atoms with E-state index in [0.29, 0.717) is 16.8 Å². The number of hydrogen-bond acceptors (Lipinski definition) is 5. The predicted molar refractivity (Wildman–Crippen MR) is 108 cm³/mol. The molecule has 0 aromatic heterocycles. The molecule has 1 N–H and O–H groups in total. The fourth-order valence-corrected chi connectivity index (χ4v) is 3.09.